The highest BCUT2D eigenvalue weighted by atomic mass is 16.4. The zero-order valence-electron chi connectivity index (χ0n) is 9.97. The quantitative estimate of drug-likeness (QED) is 0.811. The topological polar surface area (TPSA) is 73.1 Å². The Morgan fingerprint density at radius 3 is 2.82 bits per heavy atom. The lowest BCUT2D eigenvalue weighted by atomic mass is 10.0. The lowest BCUT2D eigenvalue weighted by Crippen LogP contribution is -2.35. The third-order valence-corrected chi connectivity index (χ3v) is 2.82. The van der Waals surface area contributed by atoms with Crippen molar-refractivity contribution in [3.05, 3.63) is 35.4 Å². The van der Waals surface area contributed by atoms with Gasteiger partial charge in [0.1, 0.15) is 0 Å². The van der Waals surface area contributed by atoms with E-state index in [0.717, 1.165) is 5.56 Å². The van der Waals surface area contributed by atoms with Crippen LogP contribution in [0.5, 0.6) is 0 Å². The number of hydrogen-bond donors (Lipinski definition) is 2. The third kappa shape index (κ3) is 3.89. The fourth-order valence-corrected chi connectivity index (χ4v) is 1.42. The van der Waals surface area contributed by atoms with Crippen LogP contribution in [-0.4, -0.2) is 17.1 Å². The molecule has 90 valence electrons. The summed E-state index contributed by atoms with van der Waals surface area (Å²) in [5.41, 5.74) is 1.59. The normalized spacial score (nSPS) is 13.7. The van der Waals surface area contributed by atoms with E-state index in [1.165, 1.54) is 0 Å². The van der Waals surface area contributed by atoms with Crippen molar-refractivity contribution in [2.75, 3.05) is 0 Å². The van der Waals surface area contributed by atoms with E-state index in [1.54, 1.807) is 19.1 Å². The van der Waals surface area contributed by atoms with E-state index in [9.17, 15) is 4.79 Å². The van der Waals surface area contributed by atoms with E-state index in [4.69, 9.17) is 10.4 Å². The van der Waals surface area contributed by atoms with Crippen molar-refractivity contribution in [1.82, 2.24) is 5.32 Å². The van der Waals surface area contributed by atoms with Crippen LogP contribution < -0.4 is 5.32 Å². The largest absolute Gasteiger partial charge is 0.481 e. The summed E-state index contributed by atoms with van der Waals surface area (Å²) in [5, 5.41) is 20.7. The van der Waals surface area contributed by atoms with Crippen molar-refractivity contribution in [3.8, 4) is 6.07 Å². The summed E-state index contributed by atoms with van der Waals surface area (Å²) in [7, 11) is 0. The second-order valence-electron chi connectivity index (χ2n) is 4.11. The molecular formula is C13H16N2O2. The SMILES string of the molecule is CC(NCc1cccc(C#N)c1)C(C)C(=O)O. The van der Waals surface area contributed by atoms with Crippen molar-refractivity contribution in [3.63, 3.8) is 0 Å². The predicted octanol–water partition coefficient (Wildman–Crippen LogP) is 1.76. The molecule has 17 heavy (non-hydrogen) atoms. The summed E-state index contributed by atoms with van der Waals surface area (Å²) in [6, 6.07) is 9.23. The van der Waals surface area contributed by atoms with Gasteiger partial charge in [-0.05, 0) is 24.6 Å². The number of carboxylic acids is 1. The number of hydrogen-bond acceptors (Lipinski definition) is 3. The number of carboxylic acid groups (broad SMARTS) is 1. The Bertz CT molecular complexity index is 437. The van der Waals surface area contributed by atoms with Crippen LogP contribution in [0.4, 0.5) is 0 Å². The van der Waals surface area contributed by atoms with E-state index >= 15 is 0 Å². The molecule has 0 saturated heterocycles. The second-order valence-corrected chi connectivity index (χ2v) is 4.11. The molecule has 0 aliphatic rings. The molecule has 1 aromatic carbocycles. The summed E-state index contributed by atoms with van der Waals surface area (Å²) in [6.45, 7) is 4.08. The van der Waals surface area contributed by atoms with Crippen LogP contribution in [0.25, 0.3) is 0 Å². The molecule has 1 aromatic rings. The number of aliphatic carboxylic acids is 1. The molecule has 0 fully saturated rings. The first-order valence-corrected chi connectivity index (χ1v) is 5.50. The summed E-state index contributed by atoms with van der Waals surface area (Å²) in [4.78, 5) is 10.8. The standard InChI is InChI=1S/C13H16N2O2/c1-9(13(16)17)10(2)15-8-12-5-3-4-11(6-12)7-14/h3-6,9-10,15H,8H2,1-2H3,(H,16,17). The van der Waals surface area contributed by atoms with E-state index in [2.05, 4.69) is 11.4 Å². The average molecular weight is 232 g/mol. The maximum absolute atomic E-state index is 10.8. The molecule has 0 spiro atoms. The first-order valence-electron chi connectivity index (χ1n) is 5.50. The minimum absolute atomic E-state index is 0.113. The molecule has 0 saturated carbocycles. The highest BCUT2D eigenvalue weighted by Gasteiger charge is 2.18. The van der Waals surface area contributed by atoms with Gasteiger partial charge in [0.2, 0.25) is 0 Å². The van der Waals surface area contributed by atoms with Gasteiger partial charge in [-0.1, -0.05) is 19.1 Å². The molecule has 1 rings (SSSR count). The number of nitrogens with zero attached hydrogens (tertiary/aromatic N) is 1. The molecular weight excluding hydrogens is 216 g/mol. The third-order valence-electron chi connectivity index (χ3n) is 2.82. The molecule has 4 heteroatoms. The minimum Gasteiger partial charge on any atom is -0.481 e. The average Bonchev–Trinajstić information content (AvgIpc) is 2.35. The van der Waals surface area contributed by atoms with Crippen LogP contribution in [0.15, 0.2) is 24.3 Å². The van der Waals surface area contributed by atoms with Crippen LogP contribution in [0.1, 0.15) is 25.0 Å². The first-order chi connectivity index (χ1) is 8.04. The van der Waals surface area contributed by atoms with Gasteiger partial charge in [0, 0.05) is 12.6 Å². The number of rotatable bonds is 5. The molecule has 0 aliphatic carbocycles. The Morgan fingerprint density at radius 1 is 1.53 bits per heavy atom. The van der Waals surface area contributed by atoms with Gasteiger partial charge in [0.15, 0.2) is 0 Å². The molecule has 2 unspecified atom stereocenters. The molecule has 0 heterocycles. The van der Waals surface area contributed by atoms with Gasteiger partial charge < -0.3 is 10.4 Å². The van der Waals surface area contributed by atoms with E-state index in [-0.39, 0.29) is 6.04 Å². The molecule has 2 N–H and O–H groups in total. The van der Waals surface area contributed by atoms with Crippen LogP contribution >= 0.6 is 0 Å². The monoisotopic (exact) mass is 232 g/mol. The number of nitriles is 1. The van der Waals surface area contributed by atoms with Gasteiger partial charge >= 0.3 is 5.97 Å². The Kier molecular flexibility index (Phi) is 4.68. The van der Waals surface area contributed by atoms with Gasteiger partial charge in [0.25, 0.3) is 0 Å². The fourth-order valence-electron chi connectivity index (χ4n) is 1.42. The second kappa shape index (κ2) is 6.02. The highest BCUT2D eigenvalue weighted by molar-refractivity contribution is 5.70. The molecule has 4 nitrogen and oxygen atoms in total. The van der Waals surface area contributed by atoms with E-state index < -0.39 is 11.9 Å². The molecule has 0 amide bonds. The lowest BCUT2D eigenvalue weighted by Gasteiger charge is -2.17. The Balaban J connectivity index is 2.56. The minimum atomic E-state index is -0.809. The maximum atomic E-state index is 10.8. The molecule has 0 aliphatic heterocycles. The Hall–Kier alpha value is -1.86. The summed E-state index contributed by atoms with van der Waals surface area (Å²) in [5.74, 6) is -1.25. The first kappa shape index (κ1) is 13.2. The van der Waals surface area contributed by atoms with Gasteiger partial charge in [-0.3, -0.25) is 4.79 Å². The zero-order valence-corrected chi connectivity index (χ0v) is 9.97. The molecule has 0 bridgehead atoms. The summed E-state index contributed by atoms with van der Waals surface area (Å²) in [6.07, 6.45) is 0. The number of benzene rings is 1. The molecule has 0 radical (unpaired) electrons. The Morgan fingerprint density at radius 2 is 2.24 bits per heavy atom. The van der Waals surface area contributed by atoms with Crippen LogP contribution in [0, 0.1) is 17.2 Å². The van der Waals surface area contributed by atoms with Crippen molar-refractivity contribution in [1.29, 1.82) is 5.26 Å². The van der Waals surface area contributed by atoms with Crippen molar-refractivity contribution in [2.45, 2.75) is 26.4 Å². The number of carbonyl (C=O) groups is 1. The van der Waals surface area contributed by atoms with Crippen LogP contribution in [0.2, 0.25) is 0 Å². The van der Waals surface area contributed by atoms with Crippen molar-refractivity contribution < 1.29 is 9.90 Å². The van der Waals surface area contributed by atoms with Gasteiger partial charge in [0.05, 0.1) is 17.6 Å². The van der Waals surface area contributed by atoms with Crippen molar-refractivity contribution in [2.24, 2.45) is 5.92 Å². The van der Waals surface area contributed by atoms with Gasteiger partial charge in [-0.15, -0.1) is 0 Å². The van der Waals surface area contributed by atoms with Crippen LogP contribution in [-0.2, 0) is 11.3 Å². The van der Waals surface area contributed by atoms with Gasteiger partial charge in [-0.2, -0.15) is 5.26 Å². The highest BCUT2D eigenvalue weighted by Crippen LogP contribution is 2.07. The zero-order chi connectivity index (χ0) is 12.8. The molecule has 2 atom stereocenters. The summed E-state index contributed by atoms with van der Waals surface area (Å²) >= 11 is 0. The fraction of sp³-hybridized carbons (Fsp3) is 0.385. The van der Waals surface area contributed by atoms with E-state index in [1.807, 2.05) is 19.1 Å². The van der Waals surface area contributed by atoms with E-state index in [0.29, 0.717) is 12.1 Å². The van der Waals surface area contributed by atoms with Crippen molar-refractivity contribution >= 4 is 5.97 Å². The predicted molar refractivity (Wildman–Crippen MR) is 64.3 cm³/mol. The Labute approximate surface area is 101 Å². The number of nitrogens with one attached hydrogen (secondary N) is 1. The smallest absolute Gasteiger partial charge is 0.307 e. The van der Waals surface area contributed by atoms with Crippen LogP contribution in [0.3, 0.4) is 0 Å². The molecule has 0 aromatic heterocycles. The summed E-state index contributed by atoms with van der Waals surface area (Å²) < 4.78 is 0. The lowest BCUT2D eigenvalue weighted by molar-refractivity contribution is -0.141. The maximum Gasteiger partial charge on any atom is 0.307 e. The van der Waals surface area contributed by atoms with Gasteiger partial charge in [-0.25, -0.2) is 0 Å².